The molecule has 2 rings (SSSR count). The van der Waals surface area contributed by atoms with Gasteiger partial charge in [-0.1, -0.05) is 0 Å². The molecule has 0 bridgehead atoms. The van der Waals surface area contributed by atoms with Crippen LogP contribution in [0.3, 0.4) is 0 Å². The Morgan fingerprint density at radius 3 is 2.86 bits per heavy atom. The molecule has 0 amide bonds. The zero-order chi connectivity index (χ0) is 9.42. The Balaban J connectivity index is 0.000000980. The molecular formula is C9H11BrN2O2. The van der Waals surface area contributed by atoms with Crippen molar-refractivity contribution in [2.75, 3.05) is 5.73 Å². The molecule has 0 radical (unpaired) electrons. The molecule has 1 aliphatic carbocycles. The number of hydrogen-bond donors (Lipinski definition) is 2. The van der Waals surface area contributed by atoms with E-state index in [1.54, 1.807) is 6.20 Å². The summed E-state index contributed by atoms with van der Waals surface area (Å²) in [7, 11) is 0. The van der Waals surface area contributed by atoms with Gasteiger partial charge in [0, 0.05) is 6.20 Å². The van der Waals surface area contributed by atoms with Crippen molar-refractivity contribution in [3.8, 4) is 0 Å². The minimum Gasteiger partial charge on any atom is -0.478 e. The Bertz CT molecular complexity index is 379. The van der Waals surface area contributed by atoms with Crippen LogP contribution in [-0.2, 0) is 12.8 Å². The van der Waals surface area contributed by atoms with E-state index in [9.17, 15) is 4.79 Å². The number of rotatable bonds is 1. The van der Waals surface area contributed by atoms with Crippen molar-refractivity contribution < 1.29 is 9.90 Å². The first-order chi connectivity index (χ1) is 6.20. The molecule has 0 saturated heterocycles. The lowest BCUT2D eigenvalue weighted by Crippen LogP contribution is -2.08. The molecule has 0 aliphatic heterocycles. The highest BCUT2D eigenvalue weighted by Crippen LogP contribution is 2.27. The van der Waals surface area contributed by atoms with Gasteiger partial charge in [0.15, 0.2) is 0 Å². The third kappa shape index (κ3) is 1.59. The summed E-state index contributed by atoms with van der Waals surface area (Å²) in [5, 5.41) is 8.91. The standard InChI is InChI=1S/C9H10N2O2.BrH/c10-8-7(9(12)13)6-3-1-2-5(6)4-11-8;/h4H,1-3H2,(H2,10,11)(H,12,13);1H. The Morgan fingerprint density at radius 1 is 1.50 bits per heavy atom. The van der Waals surface area contributed by atoms with E-state index in [-0.39, 0.29) is 28.4 Å². The van der Waals surface area contributed by atoms with Crippen LogP contribution in [0, 0.1) is 0 Å². The van der Waals surface area contributed by atoms with Crippen LogP contribution >= 0.6 is 17.0 Å². The number of nitrogen functional groups attached to an aromatic ring is 1. The molecule has 1 aromatic rings. The van der Waals surface area contributed by atoms with Crippen LogP contribution < -0.4 is 5.73 Å². The number of halogens is 1. The minimum absolute atomic E-state index is 0. The van der Waals surface area contributed by atoms with Crippen molar-refractivity contribution in [2.24, 2.45) is 0 Å². The van der Waals surface area contributed by atoms with Gasteiger partial charge in [0.05, 0.1) is 0 Å². The number of aryl methyl sites for hydroxylation is 1. The van der Waals surface area contributed by atoms with Crippen molar-refractivity contribution in [2.45, 2.75) is 19.3 Å². The summed E-state index contributed by atoms with van der Waals surface area (Å²) in [5.41, 5.74) is 7.62. The van der Waals surface area contributed by atoms with E-state index in [1.807, 2.05) is 0 Å². The highest BCUT2D eigenvalue weighted by atomic mass is 79.9. The number of anilines is 1. The van der Waals surface area contributed by atoms with Gasteiger partial charge >= 0.3 is 5.97 Å². The number of carboxylic acid groups (broad SMARTS) is 1. The zero-order valence-corrected chi connectivity index (χ0v) is 9.20. The summed E-state index contributed by atoms with van der Waals surface area (Å²) < 4.78 is 0. The molecule has 0 fully saturated rings. The van der Waals surface area contributed by atoms with Crippen molar-refractivity contribution in [3.63, 3.8) is 0 Å². The molecule has 4 nitrogen and oxygen atoms in total. The maximum absolute atomic E-state index is 10.9. The third-order valence-corrected chi connectivity index (χ3v) is 2.39. The quantitative estimate of drug-likeness (QED) is 0.799. The van der Waals surface area contributed by atoms with E-state index in [0.29, 0.717) is 0 Å². The van der Waals surface area contributed by atoms with Crippen LogP contribution in [0.25, 0.3) is 0 Å². The molecule has 76 valence electrons. The van der Waals surface area contributed by atoms with Crippen LogP contribution in [0.4, 0.5) is 5.82 Å². The van der Waals surface area contributed by atoms with E-state index >= 15 is 0 Å². The highest BCUT2D eigenvalue weighted by Gasteiger charge is 2.21. The fourth-order valence-electron chi connectivity index (χ4n) is 1.80. The first-order valence-corrected chi connectivity index (χ1v) is 4.19. The number of nitrogens with zero attached hydrogens (tertiary/aromatic N) is 1. The Hall–Kier alpha value is -1.10. The lowest BCUT2D eigenvalue weighted by atomic mass is 10.1. The molecular weight excluding hydrogens is 248 g/mol. The van der Waals surface area contributed by atoms with Gasteiger partial charge in [0.25, 0.3) is 0 Å². The summed E-state index contributed by atoms with van der Waals surface area (Å²) in [6.07, 6.45) is 4.41. The third-order valence-electron chi connectivity index (χ3n) is 2.39. The maximum atomic E-state index is 10.9. The van der Waals surface area contributed by atoms with Gasteiger partial charge in [-0.2, -0.15) is 0 Å². The summed E-state index contributed by atoms with van der Waals surface area (Å²) in [6.45, 7) is 0. The predicted octanol–water partition coefficient (Wildman–Crippen LogP) is 1.43. The molecule has 14 heavy (non-hydrogen) atoms. The normalized spacial score (nSPS) is 13.1. The first-order valence-electron chi connectivity index (χ1n) is 4.19. The number of pyridine rings is 1. The van der Waals surface area contributed by atoms with E-state index < -0.39 is 5.97 Å². The SMILES string of the molecule is Br.Nc1ncc2c(c1C(=O)O)CCC2. The monoisotopic (exact) mass is 258 g/mol. The Kier molecular flexibility index (Phi) is 3.10. The van der Waals surface area contributed by atoms with Crippen molar-refractivity contribution >= 4 is 28.8 Å². The predicted molar refractivity (Wildman–Crippen MR) is 58.0 cm³/mol. The number of nitrogens with two attached hydrogens (primary N) is 1. The molecule has 0 spiro atoms. The second kappa shape index (κ2) is 3.96. The number of aromatic carboxylic acids is 1. The minimum atomic E-state index is -0.969. The second-order valence-electron chi connectivity index (χ2n) is 3.18. The fraction of sp³-hybridized carbons (Fsp3) is 0.333. The number of aromatic nitrogens is 1. The number of carbonyl (C=O) groups is 1. The summed E-state index contributed by atoms with van der Waals surface area (Å²) in [5.74, 6) is -0.836. The van der Waals surface area contributed by atoms with E-state index in [4.69, 9.17) is 10.8 Å². The van der Waals surface area contributed by atoms with E-state index in [1.165, 1.54) is 0 Å². The van der Waals surface area contributed by atoms with Crippen molar-refractivity contribution in [1.29, 1.82) is 0 Å². The van der Waals surface area contributed by atoms with Crippen LogP contribution in [-0.4, -0.2) is 16.1 Å². The summed E-state index contributed by atoms with van der Waals surface area (Å²) in [6, 6.07) is 0. The molecule has 0 atom stereocenters. The summed E-state index contributed by atoms with van der Waals surface area (Å²) >= 11 is 0. The van der Waals surface area contributed by atoms with Gasteiger partial charge in [0.1, 0.15) is 11.4 Å². The van der Waals surface area contributed by atoms with Crippen LogP contribution in [0.5, 0.6) is 0 Å². The largest absolute Gasteiger partial charge is 0.478 e. The molecule has 0 aromatic carbocycles. The van der Waals surface area contributed by atoms with Crippen molar-refractivity contribution in [1.82, 2.24) is 4.98 Å². The van der Waals surface area contributed by atoms with Gasteiger partial charge in [0.2, 0.25) is 0 Å². The van der Waals surface area contributed by atoms with E-state index in [0.717, 1.165) is 30.4 Å². The molecule has 1 heterocycles. The lowest BCUT2D eigenvalue weighted by molar-refractivity contribution is 0.0696. The average molecular weight is 259 g/mol. The fourth-order valence-corrected chi connectivity index (χ4v) is 1.80. The second-order valence-corrected chi connectivity index (χ2v) is 3.18. The van der Waals surface area contributed by atoms with Gasteiger partial charge < -0.3 is 10.8 Å². The molecule has 0 saturated carbocycles. The maximum Gasteiger partial charge on any atom is 0.339 e. The smallest absolute Gasteiger partial charge is 0.339 e. The number of fused-ring (bicyclic) bond motifs is 1. The lowest BCUT2D eigenvalue weighted by Gasteiger charge is -2.05. The Morgan fingerprint density at radius 2 is 2.21 bits per heavy atom. The van der Waals surface area contributed by atoms with Crippen LogP contribution in [0.2, 0.25) is 0 Å². The number of hydrogen-bond acceptors (Lipinski definition) is 3. The zero-order valence-electron chi connectivity index (χ0n) is 7.49. The molecule has 1 aliphatic rings. The first kappa shape index (κ1) is 11.0. The summed E-state index contributed by atoms with van der Waals surface area (Å²) in [4.78, 5) is 14.7. The highest BCUT2D eigenvalue weighted by molar-refractivity contribution is 8.93. The molecule has 3 N–H and O–H groups in total. The van der Waals surface area contributed by atoms with Gasteiger partial charge in [-0.15, -0.1) is 17.0 Å². The topological polar surface area (TPSA) is 76.2 Å². The van der Waals surface area contributed by atoms with Gasteiger partial charge in [-0.05, 0) is 30.4 Å². The number of carboxylic acids is 1. The van der Waals surface area contributed by atoms with Gasteiger partial charge in [-0.25, -0.2) is 9.78 Å². The molecule has 5 heteroatoms. The Labute approximate surface area is 91.9 Å². The molecule has 1 aromatic heterocycles. The van der Waals surface area contributed by atoms with Gasteiger partial charge in [-0.3, -0.25) is 0 Å². The molecule has 0 unspecified atom stereocenters. The average Bonchev–Trinajstić information content (AvgIpc) is 2.50. The van der Waals surface area contributed by atoms with E-state index in [2.05, 4.69) is 4.98 Å². The van der Waals surface area contributed by atoms with Crippen LogP contribution in [0.15, 0.2) is 6.20 Å². The van der Waals surface area contributed by atoms with Crippen LogP contribution in [0.1, 0.15) is 27.9 Å². The van der Waals surface area contributed by atoms with Crippen molar-refractivity contribution in [3.05, 3.63) is 22.9 Å².